The van der Waals surface area contributed by atoms with Crippen LogP contribution in [0.4, 0.5) is 5.69 Å². The monoisotopic (exact) mass is 216 g/mol. The van der Waals surface area contributed by atoms with E-state index in [1.54, 1.807) is 10.9 Å². The van der Waals surface area contributed by atoms with Crippen LogP contribution < -0.4 is 10.9 Å². The van der Waals surface area contributed by atoms with Gasteiger partial charge < -0.3 is 0 Å². The number of aromatic nitrogens is 2. The number of amides is 1. The molecule has 5 heteroatoms. The van der Waals surface area contributed by atoms with E-state index < -0.39 is 0 Å². The van der Waals surface area contributed by atoms with Crippen molar-refractivity contribution in [2.75, 3.05) is 5.43 Å². The van der Waals surface area contributed by atoms with Gasteiger partial charge in [0.25, 0.3) is 0 Å². The van der Waals surface area contributed by atoms with E-state index in [4.69, 9.17) is 0 Å². The van der Waals surface area contributed by atoms with Crippen LogP contribution in [-0.2, 0) is 4.79 Å². The molecule has 0 bridgehead atoms. The van der Waals surface area contributed by atoms with Crippen LogP contribution in [0.2, 0.25) is 0 Å². The molecule has 0 saturated carbocycles. The van der Waals surface area contributed by atoms with E-state index in [0.29, 0.717) is 6.41 Å². The van der Waals surface area contributed by atoms with Crippen molar-refractivity contribution >= 4 is 12.1 Å². The minimum absolute atomic E-state index is 0.583. The Kier molecular flexibility index (Phi) is 2.86. The highest BCUT2D eigenvalue weighted by Gasteiger charge is 2.06. The van der Waals surface area contributed by atoms with Crippen LogP contribution in [0.1, 0.15) is 5.69 Å². The lowest BCUT2D eigenvalue weighted by Crippen LogP contribution is -2.19. The second-order valence-corrected chi connectivity index (χ2v) is 3.28. The van der Waals surface area contributed by atoms with Crippen LogP contribution in [-0.4, -0.2) is 16.2 Å². The van der Waals surface area contributed by atoms with Gasteiger partial charge in [0.05, 0.1) is 23.3 Å². The maximum atomic E-state index is 10.2. The molecule has 16 heavy (non-hydrogen) atoms. The molecule has 2 aromatic rings. The van der Waals surface area contributed by atoms with E-state index in [9.17, 15) is 4.79 Å². The SMILES string of the molecule is Cc1c(NNC=O)cnn1-c1ccccc1. The van der Waals surface area contributed by atoms with Crippen LogP contribution in [0, 0.1) is 6.92 Å². The van der Waals surface area contributed by atoms with Crippen LogP contribution >= 0.6 is 0 Å². The van der Waals surface area contributed by atoms with Crippen LogP contribution in [0.25, 0.3) is 5.69 Å². The normalized spacial score (nSPS) is 9.81. The second-order valence-electron chi connectivity index (χ2n) is 3.28. The summed E-state index contributed by atoms with van der Waals surface area (Å²) >= 11 is 0. The molecule has 0 spiro atoms. The molecule has 0 atom stereocenters. The van der Waals surface area contributed by atoms with Crippen LogP contribution in [0.15, 0.2) is 36.5 Å². The number of nitrogens with zero attached hydrogens (tertiary/aromatic N) is 2. The molecule has 0 aliphatic heterocycles. The third kappa shape index (κ3) is 1.88. The summed E-state index contributed by atoms with van der Waals surface area (Å²) in [6, 6.07) is 9.80. The molecular formula is C11H12N4O. The number of anilines is 1. The van der Waals surface area contributed by atoms with Gasteiger partial charge in [-0.2, -0.15) is 5.10 Å². The molecular weight excluding hydrogens is 204 g/mol. The molecule has 0 aliphatic rings. The standard InChI is InChI=1S/C11H12N4O/c1-9-11(14-12-8-16)7-13-15(9)10-5-3-2-4-6-10/h2-8,14H,1H3,(H,12,16). The van der Waals surface area contributed by atoms with E-state index in [1.165, 1.54) is 0 Å². The predicted molar refractivity (Wildman–Crippen MR) is 61.1 cm³/mol. The van der Waals surface area contributed by atoms with E-state index >= 15 is 0 Å². The molecule has 0 aliphatic carbocycles. The lowest BCUT2D eigenvalue weighted by Gasteiger charge is -2.05. The maximum absolute atomic E-state index is 10.2. The third-order valence-electron chi connectivity index (χ3n) is 2.28. The first-order valence-electron chi connectivity index (χ1n) is 4.88. The number of rotatable bonds is 4. The predicted octanol–water partition coefficient (Wildman–Crippen LogP) is 1.25. The average molecular weight is 216 g/mol. The summed E-state index contributed by atoms with van der Waals surface area (Å²) < 4.78 is 1.80. The Labute approximate surface area is 93.1 Å². The Morgan fingerprint density at radius 2 is 2.06 bits per heavy atom. The van der Waals surface area contributed by atoms with Gasteiger partial charge >= 0.3 is 0 Å². The van der Waals surface area contributed by atoms with Crippen molar-refractivity contribution < 1.29 is 4.79 Å². The number of hydrogen-bond acceptors (Lipinski definition) is 3. The first kappa shape index (κ1) is 10.2. The molecule has 82 valence electrons. The van der Waals surface area contributed by atoms with E-state index in [-0.39, 0.29) is 0 Å². The van der Waals surface area contributed by atoms with Gasteiger partial charge in [0.2, 0.25) is 6.41 Å². The molecule has 1 aromatic carbocycles. The lowest BCUT2D eigenvalue weighted by molar-refractivity contribution is -0.109. The first-order chi connectivity index (χ1) is 7.83. The van der Waals surface area contributed by atoms with Gasteiger partial charge in [-0.25, -0.2) is 4.68 Å². The molecule has 1 heterocycles. The fraction of sp³-hybridized carbons (Fsp3) is 0.0909. The van der Waals surface area contributed by atoms with Gasteiger partial charge in [-0.15, -0.1) is 0 Å². The minimum Gasteiger partial charge on any atom is -0.295 e. The van der Waals surface area contributed by atoms with Crippen LogP contribution in [0.3, 0.4) is 0 Å². The third-order valence-corrected chi connectivity index (χ3v) is 2.28. The summed E-state index contributed by atoms with van der Waals surface area (Å²) in [5, 5.41) is 4.24. The molecule has 1 amide bonds. The summed E-state index contributed by atoms with van der Waals surface area (Å²) in [5.74, 6) is 0. The summed E-state index contributed by atoms with van der Waals surface area (Å²) in [4.78, 5) is 10.2. The summed E-state index contributed by atoms with van der Waals surface area (Å²) in [6.07, 6.45) is 2.25. The van der Waals surface area contributed by atoms with E-state index in [2.05, 4.69) is 16.0 Å². The zero-order valence-corrected chi connectivity index (χ0v) is 8.84. The highest BCUT2D eigenvalue weighted by Crippen LogP contribution is 2.16. The fourth-order valence-electron chi connectivity index (χ4n) is 1.47. The van der Waals surface area contributed by atoms with Crippen molar-refractivity contribution in [1.29, 1.82) is 0 Å². The van der Waals surface area contributed by atoms with Crippen molar-refractivity contribution in [3.05, 3.63) is 42.2 Å². The van der Waals surface area contributed by atoms with E-state index in [0.717, 1.165) is 17.1 Å². The Balaban J connectivity index is 2.30. The molecule has 1 aromatic heterocycles. The minimum atomic E-state index is 0.583. The Morgan fingerprint density at radius 3 is 2.75 bits per heavy atom. The molecule has 0 saturated heterocycles. The van der Waals surface area contributed by atoms with E-state index in [1.807, 2.05) is 37.3 Å². The lowest BCUT2D eigenvalue weighted by atomic mass is 10.3. The summed E-state index contributed by atoms with van der Waals surface area (Å²) in [6.45, 7) is 1.93. The largest absolute Gasteiger partial charge is 0.295 e. The highest BCUT2D eigenvalue weighted by atomic mass is 16.1. The van der Waals surface area contributed by atoms with Gasteiger partial charge in [0.1, 0.15) is 0 Å². The van der Waals surface area contributed by atoms with Crippen molar-refractivity contribution in [3.63, 3.8) is 0 Å². The van der Waals surface area contributed by atoms with Crippen molar-refractivity contribution in [3.8, 4) is 5.69 Å². The van der Waals surface area contributed by atoms with Gasteiger partial charge in [-0.05, 0) is 19.1 Å². The van der Waals surface area contributed by atoms with Gasteiger partial charge in [0.15, 0.2) is 0 Å². The zero-order chi connectivity index (χ0) is 11.4. The number of benzene rings is 1. The number of nitrogens with one attached hydrogen (secondary N) is 2. The van der Waals surface area contributed by atoms with Gasteiger partial charge in [-0.3, -0.25) is 15.6 Å². The van der Waals surface area contributed by atoms with Crippen molar-refractivity contribution in [2.45, 2.75) is 6.92 Å². The zero-order valence-electron chi connectivity index (χ0n) is 8.84. The average Bonchev–Trinajstić information content (AvgIpc) is 2.69. The Hall–Kier alpha value is -2.30. The second kappa shape index (κ2) is 4.48. The molecule has 0 fully saturated rings. The number of carbonyl (C=O) groups excluding carboxylic acids is 1. The van der Waals surface area contributed by atoms with Gasteiger partial charge in [0, 0.05) is 0 Å². The molecule has 5 nitrogen and oxygen atoms in total. The summed E-state index contributed by atoms with van der Waals surface area (Å²) in [7, 11) is 0. The Morgan fingerprint density at radius 1 is 1.31 bits per heavy atom. The topological polar surface area (TPSA) is 58.9 Å². The van der Waals surface area contributed by atoms with Gasteiger partial charge in [-0.1, -0.05) is 18.2 Å². The smallest absolute Gasteiger partial charge is 0.225 e. The number of para-hydroxylation sites is 1. The Bertz CT molecular complexity index is 478. The molecule has 2 N–H and O–H groups in total. The highest BCUT2D eigenvalue weighted by molar-refractivity contribution is 5.55. The molecule has 2 rings (SSSR count). The number of carbonyl (C=O) groups is 1. The quantitative estimate of drug-likeness (QED) is 0.597. The summed E-state index contributed by atoms with van der Waals surface area (Å²) in [5.41, 5.74) is 7.83. The number of hydrazine groups is 1. The molecule has 0 unspecified atom stereocenters. The molecule has 0 radical (unpaired) electrons. The van der Waals surface area contributed by atoms with Crippen molar-refractivity contribution in [1.82, 2.24) is 15.2 Å². The number of hydrogen-bond donors (Lipinski definition) is 2. The first-order valence-corrected chi connectivity index (χ1v) is 4.88. The van der Waals surface area contributed by atoms with Crippen molar-refractivity contribution in [2.24, 2.45) is 0 Å². The fourth-order valence-corrected chi connectivity index (χ4v) is 1.47. The maximum Gasteiger partial charge on any atom is 0.225 e. The van der Waals surface area contributed by atoms with Crippen LogP contribution in [0.5, 0.6) is 0 Å².